The van der Waals surface area contributed by atoms with Crippen molar-refractivity contribution >= 4 is 0 Å². The molecule has 1 atom stereocenters. The van der Waals surface area contributed by atoms with Crippen molar-refractivity contribution in [2.24, 2.45) is 0 Å². The Labute approximate surface area is 84.3 Å². The van der Waals surface area contributed by atoms with E-state index in [2.05, 4.69) is 23.5 Å². The van der Waals surface area contributed by atoms with Crippen LogP contribution in [0.2, 0.25) is 0 Å². The average molecular weight is 189 g/mol. The van der Waals surface area contributed by atoms with Crippen LogP contribution < -0.4 is 10.1 Å². The summed E-state index contributed by atoms with van der Waals surface area (Å²) >= 11 is 0. The van der Waals surface area contributed by atoms with Crippen LogP contribution in [0, 0.1) is 0 Å². The molecule has 1 heterocycles. The highest BCUT2D eigenvalue weighted by Gasteiger charge is 2.51. The Morgan fingerprint density at radius 1 is 1.36 bits per heavy atom. The van der Waals surface area contributed by atoms with Crippen molar-refractivity contribution in [1.29, 1.82) is 0 Å². The fraction of sp³-hybridized carbons (Fsp3) is 0.500. The van der Waals surface area contributed by atoms with E-state index in [-0.39, 0.29) is 5.60 Å². The van der Waals surface area contributed by atoms with Crippen LogP contribution in [0.1, 0.15) is 30.9 Å². The van der Waals surface area contributed by atoms with E-state index in [0.29, 0.717) is 6.04 Å². The first kappa shape index (κ1) is 8.30. The van der Waals surface area contributed by atoms with Crippen molar-refractivity contribution in [3.63, 3.8) is 0 Å². The molecule has 0 aromatic heterocycles. The van der Waals surface area contributed by atoms with Crippen molar-refractivity contribution < 1.29 is 4.74 Å². The zero-order valence-corrected chi connectivity index (χ0v) is 8.42. The molecule has 14 heavy (non-hydrogen) atoms. The number of rotatable bonds is 1. The molecule has 0 radical (unpaired) electrons. The maximum absolute atomic E-state index is 6.07. The van der Waals surface area contributed by atoms with Crippen molar-refractivity contribution in [3.8, 4) is 5.75 Å². The van der Waals surface area contributed by atoms with Crippen LogP contribution in [0.5, 0.6) is 5.75 Å². The van der Waals surface area contributed by atoms with E-state index in [1.807, 2.05) is 13.1 Å². The van der Waals surface area contributed by atoms with Gasteiger partial charge in [-0.3, -0.25) is 0 Å². The van der Waals surface area contributed by atoms with Gasteiger partial charge >= 0.3 is 0 Å². The van der Waals surface area contributed by atoms with Crippen LogP contribution in [0.15, 0.2) is 24.3 Å². The monoisotopic (exact) mass is 189 g/mol. The summed E-state index contributed by atoms with van der Waals surface area (Å²) in [6.07, 6.45) is 3.67. The Kier molecular flexibility index (Phi) is 1.62. The summed E-state index contributed by atoms with van der Waals surface area (Å²) in [6, 6.07) is 8.77. The van der Waals surface area contributed by atoms with Crippen molar-refractivity contribution in [1.82, 2.24) is 5.32 Å². The molecule has 1 saturated carbocycles. The lowest BCUT2D eigenvalue weighted by Crippen LogP contribution is -2.49. The average Bonchev–Trinajstić information content (AvgIpc) is 2.51. The van der Waals surface area contributed by atoms with Crippen LogP contribution >= 0.6 is 0 Å². The molecule has 1 fully saturated rings. The van der Waals surface area contributed by atoms with E-state index in [1.54, 1.807) is 0 Å². The number of hydrogen-bond donors (Lipinski definition) is 1. The smallest absolute Gasteiger partial charge is 0.128 e. The van der Waals surface area contributed by atoms with Gasteiger partial charge in [0.05, 0.1) is 6.04 Å². The topological polar surface area (TPSA) is 21.3 Å². The van der Waals surface area contributed by atoms with E-state index in [9.17, 15) is 0 Å². The van der Waals surface area contributed by atoms with Gasteiger partial charge in [0.15, 0.2) is 0 Å². The van der Waals surface area contributed by atoms with Crippen molar-refractivity contribution in [3.05, 3.63) is 29.8 Å². The van der Waals surface area contributed by atoms with Gasteiger partial charge in [-0.05, 0) is 32.4 Å². The van der Waals surface area contributed by atoms with Gasteiger partial charge in [0.1, 0.15) is 11.4 Å². The first-order valence-corrected chi connectivity index (χ1v) is 5.31. The molecule has 2 heteroatoms. The highest BCUT2D eigenvalue weighted by Crippen LogP contribution is 2.52. The predicted molar refractivity (Wildman–Crippen MR) is 55.5 cm³/mol. The fourth-order valence-electron chi connectivity index (χ4n) is 2.71. The van der Waals surface area contributed by atoms with Gasteiger partial charge in [0.2, 0.25) is 0 Å². The second-order valence-electron chi connectivity index (χ2n) is 4.28. The summed E-state index contributed by atoms with van der Waals surface area (Å²) in [5.41, 5.74) is 1.41. The number of likely N-dealkylation sites (N-methyl/N-ethyl adjacent to an activating group) is 1. The lowest BCUT2D eigenvalue weighted by atomic mass is 9.74. The van der Waals surface area contributed by atoms with Gasteiger partial charge in [-0.25, -0.2) is 0 Å². The third kappa shape index (κ3) is 0.894. The summed E-state index contributed by atoms with van der Waals surface area (Å²) < 4.78 is 6.07. The molecular weight excluding hydrogens is 174 g/mol. The molecule has 0 bridgehead atoms. The molecule has 74 valence electrons. The Balaban J connectivity index is 2.05. The Hall–Kier alpha value is -1.02. The first-order valence-electron chi connectivity index (χ1n) is 5.31. The summed E-state index contributed by atoms with van der Waals surface area (Å²) in [7, 11) is 2.02. The van der Waals surface area contributed by atoms with Crippen LogP contribution in [0.4, 0.5) is 0 Å². The van der Waals surface area contributed by atoms with Crippen LogP contribution in [-0.2, 0) is 0 Å². The second-order valence-corrected chi connectivity index (χ2v) is 4.28. The van der Waals surface area contributed by atoms with E-state index in [4.69, 9.17) is 4.74 Å². The number of nitrogens with one attached hydrogen (secondary N) is 1. The molecule has 1 N–H and O–H groups in total. The van der Waals surface area contributed by atoms with Gasteiger partial charge < -0.3 is 10.1 Å². The number of para-hydroxylation sites is 1. The first-order chi connectivity index (χ1) is 6.86. The van der Waals surface area contributed by atoms with Gasteiger partial charge in [-0.15, -0.1) is 0 Å². The molecule has 1 aliphatic carbocycles. The summed E-state index contributed by atoms with van der Waals surface area (Å²) in [6.45, 7) is 0. The molecular formula is C12H15NO. The third-order valence-corrected chi connectivity index (χ3v) is 3.56. The van der Waals surface area contributed by atoms with Gasteiger partial charge in [-0.2, -0.15) is 0 Å². The van der Waals surface area contributed by atoms with Crippen LogP contribution in [0.3, 0.4) is 0 Å². The molecule has 0 saturated heterocycles. The summed E-state index contributed by atoms with van der Waals surface area (Å²) in [4.78, 5) is 0. The number of benzene rings is 1. The molecule has 1 unspecified atom stereocenters. The van der Waals surface area contributed by atoms with E-state index >= 15 is 0 Å². The number of ether oxygens (including phenoxy) is 1. The quantitative estimate of drug-likeness (QED) is 0.731. The molecule has 1 aromatic carbocycles. The largest absolute Gasteiger partial charge is 0.485 e. The highest BCUT2D eigenvalue weighted by atomic mass is 16.5. The van der Waals surface area contributed by atoms with Crippen molar-refractivity contribution in [2.45, 2.75) is 30.9 Å². The lowest BCUT2D eigenvalue weighted by Gasteiger charge is -2.42. The molecule has 3 rings (SSSR count). The molecule has 1 spiro atoms. The standard InChI is InChI=1S/C12H15NO/c1-13-11-9-5-2-3-6-10(9)14-12(11)7-4-8-12/h2-3,5-6,11,13H,4,7-8H2,1H3. The lowest BCUT2D eigenvalue weighted by molar-refractivity contribution is -0.0160. The van der Waals surface area contributed by atoms with Gasteiger partial charge in [0.25, 0.3) is 0 Å². The predicted octanol–water partition coefficient (Wildman–Crippen LogP) is 2.26. The molecule has 1 aromatic rings. The summed E-state index contributed by atoms with van der Waals surface area (Å²) in [5, 5.41) is 3.39. The van der Waals surface area contributed by atoms with Crippen LogP contribution in [-0.4, -0.2) is 12.6 Å². The zero-order valence-electron chi connectivity index (χ0n) is 8.42. The maximum Gasteiger partial charge on any atom is 0.128 e. The normalized spacial score (nSPS) is 26.8. The second kappa shape index (κ2) is 2.74. The molecule has 2 nitrogen and oxygen atoms in total. The Bertz CT molecular complexity index is 357. The molecule has 0 amide bonds. The number of fused-ring (bicyclic) bond motifs is 1. The Morgan fingerprint density at radius 2 is 2.14 bits per heavy atom. The van der Waals surface area contributed by atoms with Crippen molar-refractivity contribution in [2.75, 3.05) is 7.05 Å². The van der Waals surface area contributed by atoms with E-state index in [1.165, 1.54) is 24.8 Å². The number of hydrogen-bond acceptors (Lipinski definition) is 2. The minimum absolute atomic E-state index is 0.0818. The zero-order chi connectivity index (χ0) is 9.60. The van der Waals surface area contributed by atoms with E-state index in [0.717, 1.165) is 5.75 Å². The van der Waals surface area contributed by atoms with Gasteiger partial charge in [-0.1, -0.05) is 18.2 Å². The minimum atomic E-state index is 0.0818. The van der Waals surface area contributed by atoms with Gasteiger partial charge in [0, 0.05) is 5.56 Å². The Morgan fingerprint density at radius 3 is 2.79 bits per heavy atom. The summed E-state index contributed by atoms with van der Waals surface area (Å²) in [5.74, 6) is 1.08. The van der Waals surface area contributed by atoms with E-state index < -0.39 is 0 Å². The fourth-order valence-corrected chi connectivity index (χ4v) is 2.71. The maximum atomic E-state index is 6.07. The highest BCUT2D eigenvalue weighted by molar-refractivity contribution is 5.43. The minimum Gasteiger partial charge on any atom is -0.485 e. The van der Waals surface area contributed by atoms with Crippen LogP contribution in [0.25, 0.3) is 0 Å². The molecule has 2 aliphatic rings. The SMILES string of the molecule is CNC1c2ccccc2OC12CCC2. The molecule has 1 aliphatic heterocycles. The third-order valence-electron chi connectivity index (χ3n) is 3.56.